The molecule has 0 saturated heterocycles. The Morgan fingerprint density at radius 3 is 2.20 bits per heavy atom. The van der Waals surface area contributed by atoms with Crippen molar-refractivity contribution in [3.63, 3.8) is 0 Å². The molecule has 5 nitrogen and oxygen atoms in total. The Hall–Kier alpha value is -2.14. The molecule has 0 radical (unpaired) electrons. The lowest BCUT2D eigenvalue weighted by molar-refractivity contribution is -0.139. The van der Waals surface area contributed by atoms with Crippen LogP contribution in [0.5, 0.6) is 0 Å². The number of rotatable bonds is 9. The van der Waals surface area contributed by atoms with Crippen LogP contribution in [-0.2, 0) is 14.4 Å². The number of carbonyl (C=O) groups is 2. The minimum absolute atomic E-state index is 0.237. The number of hydroxylamine groups is 2. The molecule has 1 rings (SSSR count). The standard InChI is InChI=1S/C11H20O2.C9H11NO2/c1-4-6-7-8-9-13-11(12)10(3)5-2;1-10(2)12-9(11)8-6-4-3-5-7-8/h3-9H2,1-2H3;3-7H,1-2H3. The lowest BCUT2D eigenvalue weighted by atomic mass is 10.2. The molecule has 140 valence electrons. The summed E-state index contributed by atoms with van der Waals surface area (Å²) in [6.45, 7) is 8.21. The second-order valence-electron chi connectivity index (χ2n) is 5.71. The maximum absolute atomic E-state index is 11.2. The fourth-order valence-electron chi connectivity index (χ4n) is 1.73. The van der Waals surface area contributed by atoms with Crippen LogP contribution in [0.25, 0.3) is 0 Å². The number of nitrogens with zero attached hydrogens (tertiary/aromatic N) is 1. The molecule has 0 amide bonds. The van der Waals surface area contributed by atoms with Gasteiger partial charge < -0.3 is 9.57 Å². The lowest BCUT2D eigenvalue weighted by Crippen LogP contribution is -2.18. The Morgan fingerprint density at radius 2 is 1.68 bits per heavy atom. The molecule has 0 heterocycles. The minimum atomic E-state index is -0.333. The topological polar surface area (TPSA) is 55.8 Å². The average molecular weight is 349 g/mol. The quantitative estimate of drug-likeness (QED) is 0.286. The summed E-state index contributed by atoms with van der Waals surface area (Å²) in [5.74, 6) is -0.570. The van der Waals surface area contributed by atoms with Gasteiger partial charge >= 0.3 is 11.9 Å². The molecule has 0 fully saturated rings. The Kier molecular flexibility index (Phi) is 13.0. The minimum Gasteiger partial charge on any atom is -0.462 e. The summed E-state index contributed by atoms with van der Waals surface area (Å²) in [7, 11) is 3.34. The molecule has 0 unspecified atom stereocenters. The summed E-state index contributed by atoms with van der Waals surface area (Å²) >= 11 is 0. The van der Waals surface area contributed by atoms with Crippen molar-refractivity contribution < 1.29 is 19.2 Å². The molecular formula is C20H31NO4. The van der Waals surface area contributed by atoms with E-state index in [9.17, 15) is 9.59 Å². The molecule has 0 atom stereocenters. The van der Waals surface area contributed by atoms with Crippen molar-refractivity contribution in [3.05, 3.63) is 48.0 Å². The highest BCUT2D eigenvalue weighted by atomic mass is 16.7. The van der Waals surface area contributed by atoms with E-state index in [2.05, 4.69) is 13.5 Å². The van der Waals surface area contributed by atoms with E-state index in [0.717, 1.165) is 12.8 Å². The SMILES string of the molecule is C=C(CC)C(=O)OCCCCCC.CN(C)OC(=O)c1ccccc1. The first-order valence-electron chi connectivity index (χ1n) is 8.71. The number of benzene rings is 1. The Bertz CT molecular complexity index is 512. The second-order valence-corrected chi connectivity index (χ2v) is 5.71. The predicted molar refractivity (Wildman–Crippen MR) is 100 cm³/mol. The van der Waals surface area contributed by atoms with Gasteiger partial charge in [-0.2, -0.15) is 0 Å². The fourth-order valence-corrected chi connectivity index (χ4v) is 1.73. The molecule has 0 bridgehead atoms. The third kappa shape index (κ3) is 12.0. The molecule has 0 N–H and O–H groups in total. The first-order chi connectivity index (χ1) is 11.9. The van der Waals surface area contributed by atoms with Crippen LogP contribution in [0.4, 0.5) is 0 Å². The zero-order chi connectivity index (χ0) is 19.1. The van der Waals surface area contributed by atoms with Gasteiger partial charge in [0.15, 0.2) is 0 Å². The number of hydrogen-bond acceptors (Lipinski definition) is 5. The van der Waals surface area contributed by atoms with E-state index in [0.29, 0.717) is 24.2 Å². The van der Waals surface area contributed by atoms with Gasteiger partial charge in [-0.1, -0.05) is 57.9 Å². The van der Waals surface area contributed by atoms with E-state index in [4.69, 9.17) is 9.57 Å². The van der Waals surface area contributed by atoms with Crippen LogP contribution in [-0.4, -0.2) is 37.7 Å². The van der Waals surface area contributed by atoms with E-state index in [1.54, 1.807) is 38.4 Å². The molecule has 0 saturated carbocycles. The molecule has 1 aromatic rings. The summed E-state index contributed by atoms with van der Waals surface area (Å²) < 4.78 is 5.00. The van der Waals surface area contributed by atoms with Crippen molar-refractivity contribution in [1.82, 2.24) is 5.06 Å². The summed E-state index contributed by atoms with van der Waals surface area (Å²) in [5, 5.41) is 1.37. The Balaban J connectivity index is 0.000000462. The lowest BCUT2D eigenvalue weighted by Gasteiger charge is -2.09. The van der Waals surface area contributed by atoms with Crippen molar-refractivity contribution in [1.29, 1.82) is 0 Å². The third-order valence-electron chi connectivity index (χ3n) is 3.22. The van der Waals surface area contributed by atoms with Crippen molar-refractivity contribution in [2.45, 2.75) is 46.0 Å². The Morgan fingerprint density at radius 1 is 1.04 bits per heavy atom. The van der Waals surface area contributed by atoms with Crippen LogP contribution < -0.4 is 0 Å². The van der Waals surface area contributed by atoms with Crippen LogP contribution >= 0.6 is 0 Å². The Labute approximate surface area is 151 Å². The third-order valence-corrected chi connectivity index (χ3v) is 3.22. The number of esters is 1. The van der Waals surface area contributed by atoms with E-state index < -0.39 is 0 Å². The molecular weight excluding hydrogens is 318 g/mol. The van der Waals surface area contributed by atoms with Crippen LogP contribution in [0, 0.1) is 0 Å². The van der Waals surface area contributed by atoms with Crippen LogP contribution in [0.1, 0.15) is 56.3 Å². The van der Waals surface area contributed by atoms with E-state index in [1.165, 1.54) is 17.9 Å². The second kappa shape index (κ2) is 14.2. The maximum atomic E-state index is 11.2. The van der Waals surface area contributed by atoms with Crippen LogP contribution in [0.15, 0.2) is 42.5 Å². The van der Waals surface area contributed by atoms with Crippen molar-refractivity contribution >= 4 is 11.9 Å². The number of unbranched alkanes of at least 4 members (excludes halogenated alkanes) is 3. The first kappa shape index (κ1) is 22.9. The van der Waals surface area contributed by atoms with Gasteiger partial charge in [0.1, 0.15) is 0 Å². The number of hydrogen-bond donors (Lipinski definition) is 0. The van der Waals surface area contributed by atoms with Crippen LogP contribution in [0.3, 0.4) is 0 Å². The molecule has 1 aromatic carbocycles. The monoisotopic (exact) mass is 349 g/mol. The van der Waals surface area contributed by atoms with Gasteiger partial charge in [-0.25, -0.2) is 9.59 Å². The van der Waals surface area contributed by atoms with Gasteiger partial charge in [0.05, 0.1) is 12.2 Å². The van der Waals surface area contributed by atoms with Gasteiger partial charge in [0.25, 0.3) is 0 Å². The highest BCUT2D eigenvalue weighted by Gasteiger charge is 2.06. The van der Waals surface area contributed by atoms with Crippen molar-refractivity contribution in [2.24, 2.45) is 0 Å². The summed E-state index contributed by atoms with van der Waals surface area (Å²) in [4.78, 5) is 27.1. The van der Waals surface area contributed by atoms with Gasteiger partial charge in [-0.3, -0.25) is 0 Å². The normalized spacial score (nSPS) is 9.80. The molecule has 0 aliphatic heterocycles. The molecule has 0 aliphatic rings. The van der Waals surface area contributed by atoms with Crippen LogP contribution in [0.2, 0.25) is 0 Å². The number of carbonyl (C=O) groups excluding carboxylic acids is 2. The van der Waals surface area contributed by atoms with Gasteiger partial charge in [-0.15, -0.1) is 5.06 Å². The number of ether oxygens (including phenoxy) is 1. The van der Waals surface area contributed by atoms with Crippen molar-refractivity contribution in [2.75, 3.05) is 20.7 Å². The zero-order valence-electron chi connectivity index (χ0n) is 15.9. The van der Waals surface area contributed by atoms with E-state index >= 15 is 0 Å². The molecule has 25 heavy (non-hydrogen) atoms. The predicted octanol–water partition coefficient (Wildman–Crippen LogP) is 4.40. The molecule has 0 aliphatic carbocycles. The molecule has 0 spiro atoms. The van der Waals surface area contributed by atoms with Crippen molar-refractivity contribution in [3.8, 4) is 0 Å². The fraction of sp³-hybridized carbons (Fsp3) is 0.500. The largest absolute Gasteiger partial charge is 0.462 e. The summed E-state index contributed by atoms with van der Waals surface area (Å²) in [6, 6.07) is 8.88. The zero-order valence-corrected chi connectivity index (χ0v) is 15.9. The highest BCUT2D eigenvalue weighted by molar-refractivity contribution is 5.89. The summed E-state index contributed by atoms with van der Waals surface area (Å²) in [6.07, 6.45) is 5.20. The van der Waals surface area contributed by atoms with Gasteiger partial charge in [0.2, 0.25) is 0 Å². The highest BCUT2D eigenvalue weighted by Crippen LogP contribution is 2.03. The van der Waals surface area contributed by atoms with Gasteiger partial charge in [-0.05, 0) is 25.0 Å². The first-order valence-corrected chi connectivity index (χ1v) is 8.71. The van der Waals surface area contributed by atoms with Gasteiger partial charge in [0, 0.05) is 19.7 Å². The molecule has 0 aromatic heterocycles. The molecule has 5 heteroatoms. The summed E-state index contributed by atoms with van der Waals surface area (Å²) in [5.41, 5.74) is 1.13. The van der Waals surface area contributed by atoms with E-state index in [-0.39, 0.29) is 11.9 Å². The maximum Gasteiger partial charge on any atom is 0.356 e. The van der Waals surface area contributed by atoms with E-state index in [1.807, 2.05) is 13.0 Å². The smallest absolute Gasteiger partial charge is 0.356 e. The average Bonchev–Trinajstić information content (AvgIpc) is 2.61.